The molecule has 0 aromatic heterocycles. The van der Waals surface area contributed by atoms with Gasteiger partial charge in [-0.1, -0.05) is 18.2 Å². The Balaban J connectivity index is 2.23. The zero-order valence-corrected chi connectivity index (χ0v) is 11.1. The second-order valence-electron chi connectivity index (χ2n) is 5.12. The van der Waals surface area contributed by atoms with Gasteiger partial charge in [0.05, 0.1) is 15.7 Å². The van der Waals surface area contributed by atoms with Crippen molar-refractivity contribution in [3.8, 4) is 0 Å². The molecule has 0 aromatic carbocycles. The lowest BCUT2D eigenvalue weighted by Gasteiger charge is -2.20. The van der Waals surface area contributed by atoms with E-state index in [1.807, 2.05) is 32.9 Å². The van der Waals surface area contributed by atoms with Crippen LogP contribution >= 0.6 is 0 Å². The van der Waals surface area contributed by atoms with E-state index in [2.05, 4.69) is 10.8 Å². The van der Waals surface area contributed by atoms with E-state index in [-0.39, 0.29) is 4.75 Å². The van der Waals surface area contributed by atoms with Gasteiger partial charge in [-0.05, 0) is 39.5 Å². The average molecular weight is 237 g/mol. The van der Waals surface area contributed by atoms with Crippen LogP contribution < -0.4 is 4.72 Å². The Hall–Kier alpha value is -0.345. The van der Waals surface area contributed by atoms with Crippen LogP contribution in [0.15, 0.2) is 23.7 Å². The van der Waals surface area contributed by atoms with Crippen molar-refractivity contribution in [2.24, 2.45) is 5.92 Å². The van der Waals surface area contributed by atoms with Crippen LogP contribution in [0.1, 0.15) is 33.6 Å². The van der Waals surface area contributed by atoms with Gasteiger partial charge < -0.3 is 0 Å². The molecule has 88 valence electrons. The quantitative estimate of drug-likeness (QED) is 0.745. The van der Waals surface area contributed by atoms with Crippen LogP contribution in [0.5, 0.6) is 0 Å². The van der Waals surface area contributed by atoms with Gasteiger partial charge in [0.2, 0.25) is 0 Å². The summed E-state index contributed by atoms with van der Waals surface area (Å²) in [4.78, 5) is 0. The molecule has 1 N–H and O–H groups in total. The summed E-state index contributed by atoms with van der Waals surface area (Å²) in [5.41, 5.74) is 0.850. The number of rotatable bonds is 4. The molecular weight excluding hydrogens is 217 g/mol. The van der Waals surface area contributed by atoms with Crippen molar-refractivity contribution in [1.29, 1.82) is 0 Å². The third kappa shape index (κ3) is 4.66. The summed E-state index contributed by atoms with van der Waals surface area (Å²) >= 11 is 0. The van der Waals surface area contributed by atoms with Gasteiger partial charge in [-0.25, -0.2) is 8.93 Å². The van der Waals surface area contributed by atoms with Crippen LogP contribution in [0.2, 0.25) is 0 Å². The fourth-order valence-corrected chi connectivity index (χ4v) is 2.19. The number of nitrogens with one attached hydrogen (secondary N) is 1. The topological polar surface area (TPSA) is 29.1 Å². The Morgan fingerprint density at radius 3 is 2.75 bits per heavy atom. The Kier molecular flexibility index (Phi) is 5.00. The zero-order valence-electron chi connectivity index (χ0n) is 10.3. The van der Waals surface area contributed by atoms with Gasteiger partial charge in [-0.2, -0.15) is 0 Å². The molecule has 1 aliphatic rings. The lowest BCUT2D eigenvalue weighted by Crippen LogP contribution is -2.34. The molecule has 0 bridgehead atoms. The van der Waals surface area contributed by atoms with Gasteiger partial charge in [-0.3, -0.25) is 0 Å². The third-order valence-electron chi connectivity index (χ3n) is 2.52. The Morgan fingerprint density at radius 2 is 2.25 bits per heavy atom. The molecule has 16 heavy (non-hydrogen) atoms. The molecular formula is C12H20BNOS. The van der Waals surface area contributed by atoms with Gasteiger partial charge in [0, 0.05) is 6.54 Å². The first kappa shape index (κ1) is 13.7. The van der Waals surface area contributed by atoms with Crippen LogP contribution in [-0.4, -0.2) is 23.3 Å². The van der Waals surface area contributed by atoms with E-state index in [4.69, 9.17) is 7.85 Å². The molecule has 0 amide bonds. The minimum Gasteiger partial charge on any atom is -0.242 e. The first-order valence-electron chi connectivity index (χ1n) is 5.69. The number of allylic oxidation sites excluding steroid dienone is 4. The first-order chi connectivity index (χ1) is 7.39. The molecule has 2 radical (unpaired) electrons. The van der Waals surface area contributed by atoms with E-state index in [9.17, 15) is 4.21 Å². The number of hydrogen-bond acceptors (Lipinski definition) is 1. The zero-order chi connectivity index (χ0) is 12.2. The molecule has 2 nitrogen and oxygen atoms in total. The number of hydrogen-bond donors (Lipinski definition) is 1. The van der Waals surface area contributed by atoms with Crippen molar-refractivity contribution in [3.63, 3.8) is 0 Å². The van der Waals surface area contributed by atoms with Gasteiger partial charge in [-0.15, -0.1) is 5.47 Å². The average Bonchev–Trinajstić information content (AvgIpc) is 2.19. The van der Waals surface area contributed by atoms with Crippen LogP contribution in [0.25, 0.3) is 0 Å². The highest BCUT2D eigenvalue weighted by Crippen LogP contribution is 2.17. The highest BCUT2D eigenvalue weighted by Gasteiger charge is 2.19. The van der Waals surface area contributed by atoms with Crippen molar-refractivity contribution in [3.05, 3.63) is 23.7 Å². The maximum Gasteiger partial charge on any atom is 0.113 e. The highest BCUT2D eigenvalue weighted by molar-refractivity contribution is 7.84. The van der Waals surface area contributed by atoms with E-state index in [1.54, 1.807) is 0 Å². The summed E-state index contributed by atoms with van der Waals surface area (Å²) < 4.78 is 14.6. The summed E-state index contributed by atoms with van der Waals surface area (Å²) in [5.74, 6) is 0.525. The van der Waals surface area contributed by atoms with Crippen molar-refractivity contribution in [2.75, 3.05) is 6.54 Å². The highest BCUT2D eigenvalue weighted by atomic mass is 32.2. The predicted octanol–water partition coefficient (Wildman–Crippen LogP) is 2.06. The van der Waals surface area contributed by atoms with Gasteiger partial charge >= 0.3 is 0 Å². The minimum atomic E-state index is -0.963. The molecule has 0 aliphatic heterocycles. The maximum absolute atomic E-state index is 11.7. The third-order valence-corrected chi connectivity index (χ3v) is 4.10. The first-order valence-corrected chi connectivity index (χ1v) is 6.84. The second kappa shape index (κ2) is 5.83. The Morgan fingerprint density at radius 1 is 1.56 bits per heavy atom. The summed E-state index contributed by atoms with van der Waals surface area (Å²) in [6.45, 7) is 6.70. The van der Waals surface area contributed by atoms with E-state index in [0.717, 1.165) is 24.9 Å². The van der Waals surface area contributed by atoms with Gasteiger partial charge in [0.25, 0.3) is 0 Å². The largest absolute Gasteiger partial charge is 0.242 e. The normalized spacial score (nSPS) is 22.9. The Labute approximate surface area is 103 Å². The van der Waals surface area contributed by atoms with Gasteiger partial charge in [0.15, 0.2) is 0 Å². The molecule has 0 spiro atoms. The van der Waals surface area contributed by atoms with Crippen LogP contribution in [-0.2, 0) is 11.0 Å². The summed E-state index contributed by atoms with van der Waals surface area (Å²) in [6, 6.07) is 0. The van der Waals surface area contributed by atoms with Crippen LogP contribution in [0.3, 0.4) is 0 Å². The molecule has 2 atom stereocenters. The summed E-state index contributed by atoms with van der Waals surface area (Å²) in [7, 11) is 4.68. The SMILES string of the molecule is [B]C1=CCC(CCNS(=O)C(C)(C)C)C=C1. The predicted molar refractivity (Wildman–Crippen MR) is 71.6 cm³/mol. The second-order valence-corrected chi connectivity index (χ2v) is 7.17. The lowest BCUT2D eigenvalue weighted by atomic mass is 9.85. The van der Waals surface area contributed by atoms with Crippen LogP contribution in [0.4, 0.5) is 0 Å². The fourth-order valence-electron chi connectivity index (χ4n) is 1.45. The Bertz CT molecular complexity index is 317. The maximum atomic E-state index is 11.7. The molecule has 1 aliphatic carbocycles. The van der Waals surface area contributed by atoms with E-state index in [1.165, 1.54) is 0 Å². The summed E-state index contributed by atoms with van der Waals surface area (Å²) in [6.07, 6.45) is 8.13. The van der Waals surface area contributed by atoms with Gasteiger partial charge in [0.1, 0.15) is 7.85 Å². The van der Waals surface area contributed by atoms with E-state index < -0.39 is 11.0 Å². The molecule has 0 saturated carbocycles. The van der Waals surface area contributed by atoms with Crippen molar-refractivity contribution >= 4 is 18.8 Å². The van der Waals surface area contributed by atoms with Crippen molar-refractivity contribution in [2.45, 2.75) is 38.4 Å². The molecule has 0 fully saturated rings. The lowest BCUT2D eigenvalue weighted by molar-refractivity contribution is 0.577. The van der Waals surface area contributed by atoms with E-state index in [0.29, 0.717) is 5.92 Å². The van der Waals surface area contributed by atoms with Crippen molar-refractivity contribution < 1.29 is 4.21 Å². The van der Waals surface area contributed by atoms with Crippen LogP contribution in [0, 0.1) is 5.92 Å². The summed E-state index contributed by atoms with van der Waals surface area (Å²) in [5, 5.41) is 0. The molecule has 4 heteroatoms. The van der Waals surface area contributed by atoms with E-state index >= 15 is 0 Å². The molecule has 2 unspecified atom stereocenters. The fraction of sp³-hybridized carbons (Fsp3) is 0.667. The molecule has 0 saturated heterocycles. The minimum absolute atomic E-state index is 0.188. The standard InChI is InChI=1S/C12H20BNOS/c1-12(2,3)16(15)14-9-8-10-4-6-11(13)7-5-10/h4,6-7,10,14H,5,8-9H2,1-3H3. The van der Waals surface area contributed by atoms with Crippen molar-refractivity contribution in [1.82, 2.24) is 4.72 Å². The molecule has 0 aromatic rings. The molecule has 0 heterocycles. The molecule has 1 rings (SSSR count). The smallest absolute Gasteiger partial charge is 0.113 e. The monoisotopic (exact) mass is 237 g/mol.